The topological polar surface area (TPSA) is 221 Å². The van der Waals surface area contributed by atoms with Crippen molar-refractivity contribution in [1.82, 2.24) is 9.80 Å². The predicted octanol–water partition coefficient (Wildman–Crippen LogP) is 5.55. The summed E-state index contributed by atoms with van der Waals surface area (Å²) < 4.78 is 19.1. The Morgan fingerprint density at radius 1 is 0.786 bits per heavy atom. The van der Waals surface area contributed by atoms with E-state index >= 15 is 0 Å². The molecule has 6 rings (SSSR count). The van der Waals surface area contributed by atoms with Gasteiger partial charge in [0.25, 0.3) is 0 Å². The number of carbonyl (C=O) groups excluding carboxylic acids is 1. The minimum atomic E-state index is -1.82. The van der Waals surface area contributed by atoms with Crippen LogP contribution in [-0.2, 0) is 19.2 Å². The first-order valence-corrected chi connectivity index (χ1v) is 18.7. The van der Waals surface area contributed by atoms with Crippen molar-refractivity contribution in [2.45, 2.75) is 50.7 Å². The molecule has 0 unspecified atom stereocenters. The number of aromatic hydroxyl groups is 1. The van der Waals surface area contributed by atoms with E-state index in [9.17, 15) is 9.90 Å². The Labute approximate surface area is 327 Å². The SMILES string of the molecule is COc1cc(C(=O)c2c(-c3ccc(OCCN4CCCC4)cc3)sc3cc(O)ccc23)ccc1O[C@@H]1CCCC[C@H]1N(C)C.O=C(O)C(=O)O.O=C(O)C(=O)O. The first-order valence-electron chi connectivity index (χ1n) is 17.9. The molecule has 5 N–H and O–H groups in total. The molecule has 15 nitrogen and oxygen atoms in total. The van der Waals surface area contributed by atoms with Crippen LogP contribution in [0.15, 0.2) is 60.7 Å². The fourth-order valence-corrected chi connectivity index (χ4v) is 7.77. The fraction of sp³-hybridized carbons (Fsp3) is 0.375. The number of hydrogen-bond acceptors (Lipinski definition) is 12. The van der Waals surface area contributed by atoms with E-state index in [-0.39, 0.29) is 17.6 Å². The minimum absolute atomic E-state index is 0.0708. The number of likely N-dealkylation sites (N-methyl/N-ethyl adjacent to an activating group) is 1. The number of likely N-dealkylation sites (tertiary alicyclic amines) is 1. The molecule has 0 spiro atoms. The molecule has 1 aliphatic carbocycles. The number of carboxylic acid groups (broad SMARTS) is 4. The van der Waals surface area contributed by atoms with Gasteiger partial charge in [0, 0.05) is 38.7 Å². The van der Waals surface area contributed by atoms with E-state index in [0.717, 1.165) is 65.2 Å². The highest BCUT2D eigenvalue weighted by Gasteiger charge is 2.30. The maximum absolute atomic E-state index is 14.3. The monoisotopic (exact) mass is 794 g/mol. The molecule has 1 saturated heterocycles. The van der Waals surface area contributed by atoms with Crippen LogP contribution in [0.2, 0.25) is 0 Å². The lowest BCUT2D eigenvalue weighted by atomic mass is 9.91. The third-order valence-corrected chi connectivity index (χ3v) is 10.5. The molecule has 1 aliphatic heterocycles. The van der Waals surface area contributed by atoms with Crippen LogP contribution < -0.4 is 14.2 Å². The number of carbonyl (C=O) groups is 5. The van der Waals surface area contributed by atoms with Crippen molar-refractivity contribution >= 4 is 51.1 Å². The number of thiophene rings is 1. The summed E-state index contributed by atoms with van der Waals surface area (Å²) in [7, 11) is 5.82. The van der Waals surface area contributed by atoms with E-state index in [1.807, 2.05) is 42.5 Å². The molecule has 2 heterocycles. The molecule has 0 bridgehead atoms. The fourth-order valence-electron chi connectivity index (χ4n) is 6.53. The largest absolute Gasteiger partial charge is 0.508 e. The average Bonchev–Trinajstić information content (AvgIpc) is 3.83. The molecular weight excluding hydrogens is 749 g/mol. The molecule has 3 aromatic carbocycles. The molecule has 4 aromatic rings. The lowest BCUT2D eigenvalue weighted by molar-refractivity contribution is -0.159. The number of ketones is 1. The van der Waals surface area contributed by atoms with Crippen molar-refractivity contribution in [2.24, 2.45) is 0 Å². The van der Waals surface area contributed by atoms with Gasteiger partial charge in [0.15, 0.2) is 17.3 Å². The number of fused-ring (bicyclic) bond motifs is 1. The zero-order valence-electron chi connectivity index (χ0n) is 31.3. The van der Waals surface area contributed by atoms with E-state index < -0.39 is 23.9 Å². The van der Waals surface area contributed by atoms with Gasteiger partial charge in [-0.05, 0) is 126 Å². The van der Waals surface area contributed by atoms with Crippen LogP contribution >= 0.6 is 11.3 Å². The Kier molecular flexibility index (Phi) is 15.6. The molecule has 0 radical (unpaired) electrons. The lowest BCUT2D eigenvalue weighted by Gasteiger charge is -2.36. The van der Waals surface area contributed by atoms with Gasteiger partial charge < -0.3 is 44.6 Å². The van der Waals surface area contributed by atoms with E-state index in [1.165, 1.54) is 30.6 Å². The average molecular weight is 795 g/mol. The summed E-state index contributed by atoms with van der Waals surface area (Å²) in [6.45, 7) is 3.90. The summed E-state index contributed by atoms with van der Waals surface area (Å²) in [4.78, 5) is 56.2. The molecule has 300 valence electrons. The summed E-state index contributed by atoms with van der Waals surface area (Å²) in [6, 6.07) is 19.0. The van der Waals surface area contributed by atoms with Crippen LogP contribution in [-0.4, -0.2) is 125 Å². The van der Waals surface area contributed by atoms with Crippen LogP contribution in [0.4, 0.5) is 0 Å². The van der Waals surface area contributed by atoms with Gasteiger partial charge in [0.1, 0.15) is 24.2 Å². The number of nitrogens with zero attached hydrogens (tertiary/aromatic N) is 2. The first-order chi connectivity index (χ1) is 26.7. The van der Waals surface area contributed by atoms with Gasteiger partial charge in [-0.2, -0.15) is 0 Å². The van der Waals surface area contributed by atoms with Crippen LogP contribution in [0.5, 0.6) is 23.0 Å². The number of rotatable bonds is 11. The number of phenols is 1. The van der Waals surface area contributed by atoms with Crippen LogP contribution in [0.25, 0.3) is 20.5 Å². The van der Waals surface area contributed by atoms with Gasteiger partial charge in [-0.3, -0.25) is 9.69 Å². The third kappa shape index (κ3) is 11.6. The van der Waals surface area contributed by atoms with Crippen molar-refractivity contribution in [2.75, 3.05) is 47.4 Å². The Morgan fingerprint density at radius 3 is 2.00 bits per heavy atom. The molecule has 56 heavy (non-hydrogen) atoms. The zero-order chi connectivity index (χ0) is 40.9. The highest BCUT2D eigenvalue weighted by Crippen LogP contribution is 2.42. The van der Waals surface area contributed by atoms with Crippen LogP contribution in [0.1, 0.15) is 54.4 Å². The van der Waals surface area contributed by atoms with Gasteiger partial charge in [0.2, 0.25) is 0 Å². The van der Waals surface area contributed by atoms with E-state index in [1.54, 1.807) is 25.3 Å². The van der Waals surface area contributed by atoms with Gasteiger partial charge in [0.05, 0.1) is 7.11 Å². The first kappa shape index (κ1) is 43.0. The van der Waals surface area contributed by atoms with E-state index in [4.69, 9.17) is 53.8 Å². The second-order valence-electron chi connectivity index (χ2n) is 13.3. The van der Waals surface area contributed by atoms with E-state index in [0.29, 0.717) is 35.3 Å². The van der Waals surface area contributed by atoms with Crippen molar-refractivity contribution in [3.8, 4) is 33.4 Å². The van der Waals surface area contributed by atoms with Crippen molar-refractivity contribution < 1.29 is 63.7 Å². The van der Waals surface area contributed by atoms with Crippen LogP contribution in [0, 0.1) is 0 Å². The molecule has 0 amide bonds. The molecular formula is C40H46N2O13S. The second kappa shape index (κ2) is 20.3. The maximum Gasteiger partial charge on any atom is 0.414 e. The molecule has 1 saturated carbocycles. The minimum Gasteiger partial charge on any atom is -0.508 e. The maximum atomic E-state index is 14.3. The van der Waals surface area contributed by atoms with E-state index in [2.05, 4.69) is 23.9 Å². The number of aliphatic carboxylic acids is 4. The Morgan fingerprint density at radius 2 is 1.41 bits per heavy atom. The predicted molar refractivity (Wildman–Crippen MR) is 207 cm³/mol. The van der Waals surface area contributed by atoms with Gasteiger partial charge in [-0.1, -0.05) is 6.42 Å². The normalized spacial score (nSPS) is 16.5. The quantitative estimate of drug-likeness (QED) is 0.0928. The van der Waals surface area contributed by atoms with Gasteiger partial charge in [-0.15, -0.1) is 11.3 Å². The number of ether oxygens (including phenoxy) is 3. The van der Waals surface area contributed by atoms with Gasteiger partial charge >= 0.3 is 23.9 Å². The highest BCUT2D eigenvalue weighted by molar-refractivity contribution is 7.22. The molecule has 1 aromatic heterocycles. The molecule has 16 heteroatoms. The highest BCUT2D eigenvalue weighted by atomic mass is 32.1. The van der Waals surface area contributed by atoms with Crippen LogP contribution in [0.3, 0.4) is 0 Å². The lowest BCUT2D eigenvalue weighted by Crippen LogP contribution is -2.44. The number of phenolic OH excluding ortho intramolecular Hbond substituents is 1. The number of benzene rings is 3. The molecule has 2 aliphatic rings. The zero-order valence-corrected chi connectivity index (χ0v) is 32.1. The molecule has 2 fully saturated rings. The summed E-state index contributed by atoms with van der Waals surface area (Å²) >= 11 is 1.51. The van der Waals surface area contributed by atoms with Crippen molar-refractivity contribution in [3.63, 3.8) is 0 Å². The third-order valence-electron chi connectivity index (χ3n) is 9.29. The smallest absolute Gasteiger partial charge is 0.414 e. The number of methoxy groups -OCH3 is 1. The Hall–Kier alpha value is -5.71. The van der Waals surface area contributed by atoms with Crippen molar-refractivity contribution in [1.29, 1.82) is 0 Å². The summed E-state index contributed by atoms with van der Waals surface area (Å²) in [5.41, 5.74) is 2.07. The second-order valence-corrected chi connectivity index (χ2v) is 14.3. The summed E-state index contributed by atoms with van der Waals surface area (Å²) in [6.07, 6.45) is 7.05. The molecule has 2 atom stereocenters. The number of carboxylic acids is 4. The number of hydrogen-bond donors (Lipinski definition) is 5. The Balaban J connectivity index is 0.000000505. The van der Waals surface area contributed by atoms with Crippen molar-refractivity contribution in [3.05, 3.63) is 71.8 Å². The summed E-state index contributed by atoms with van der Waals surface area (Å²) in [5.74, 6) is -5.20. The van der Waals surface area contributed by atoms with Gasteiger partial charge in [-0.25, -0.2) is 19.2 Å². The summed E-state index contributed by atoms with van der Waals surface area (Å²) in [5, 5.41) is 40.6. The standard InChI is InChI=1S/C36H42N2O5S.2C2H2O4/c1-37(2)29-8-4-5-9-30(29)43-31-17-12-25(22-32(31)41-3)35(40)34-28-16-13-26(39)23-33(28)44-36(34)24-10-14-27(15-11-24)42-21-20-38-18-6-7-19-38;2*3-1(4)2(5)6/h10-17,22-23,29-30,39H,4-9,18-21H2,1-3H3;2*(H,3,4)(H,5,6)/t29-,30-;;/m1../s1. The Bertz CT molecular complexity index is 1960.